The zero-order chi connectivity index (χ0) is 14.4. The average Bonchev–Trinajstić information content (AvgIpc) is 2.33. The van der Waals surface area contributed by atoms with Gasteiger partial charge in [-0.3, -0.25) is 0 Å². The van der Waals surface area contributed by atoms with Crippen LogP contribution in [0.3, 0.4) is 0 Å². The van der Waals surface area contributed by atoms with Gasteiger partial charge in [0.2, 0.25) is 0 Å². The van der Waals surface area contributed by atoms with Crippen molar-refractivity contribution in [3.63, 3.8) is 0 Å². The molecule has 1 aliphatic rings. The van der Waals surface area contributed by atoms with Crippen molar-refractivity contribution >= 4 is 5.97 Å². The average molecular weight is 270 g/mol. The molecule has 1 rings (SSSR count). The van der Waals surface area contributed by atoms with Gasteiger partial charge in [0.15, 0.2) is 0 Å². The van der Waals surface area contributed by atoms with Gasteiger partial charge in [-0.05, 0) is 27.7 Å². The maximum Gasteiger partial charge on any atom is 0.338 e. The third-order valence-electron chi connectivity index (χ3n) is 3.00. The van der Waals surface area contributed by atoms with Crippen molar-refractivity contribution in [3.05, 3.63) is 22.7 Å². The molecule has 5 heteroatoms. The van der Waals surface area contributed by atoms with Crippen LogP contribution in [0.4, 0.5) is 0 Å². The summed E-state index contributed by atoms with van der Waals surface area (Å²) in [5.74, 6) is 0.892. The smallest absolute Gasteiger partial charge is 0.338 e. The van der Waals surface area contributed by atoms with Crippen LogP contribution in [0, 0.1) is 5.92 Å². The predicted octanol–water partition coefficient (Wildman–Crippen LogP) is 2.73. The number of esters is 1. The molecule has 19 heavy (non-hydrogen) atoms. The first-order chi connectivity index (χ1) is 9.02. The first-order valence-corrected chi connectivity index (χ1v) is 6.52. The number of allylic oxidation sites excluding steroid dienone is 2. The van der Waals surface area contributed by atoms with E-state index < -0.39 is 0 Å². The summed E-state index contributed by atoms with van der Waals surface area (Å²) >= 11 is 0. The van der Waals surface area contributed by atoms with Gasteiger partial charge in [-0.15, -0.1) is 0 Å². The zero-order valence-corrected chi connectivity index (χ0v) is 12.2. The molecule has 5 nitrogen and oxygen atoms in total. The first-order valence-electron chi connectivity index (χ1n) is 6.52. The van der Waals surface area contributed by atoms with E-state index in [1.54, 1.807) is 13.8 Å². The Kier molecular flexibility index (Phi) is 6.05. The fourth-order valence-corrected chi connectivity index (χ4v) is 2.08. The van der Waals surface area contributed by atoms with Crippen LogP contribution in [0.25, 0.3) is 0 Å². The Labute approximate surface area is 114 Å². The van der Waals surface area contributed by atoms with Crippen molar-refractivity contribution < 1.29 is 24.0 Å². The highest BCUT2D eigenvalue weighted by atomic mass is 17.2. The van der Waals surface area contributed by atoms with E-state index in [0.29, 0.717) is 24.5 Å². The molecule has 0 saturated carbocycles. The number of rotatable bonds is 6. The molecule has 1 unspecified atom stereocenters. The van der Waals surface area contributed by atoms with Crippen LogP contribution in [0.15, 0.2) is 22.7 Å². The first kappa shape index (κ1) is 15.7. The Hall–Kier alpha value is -1.33. The molecular formula is C14H22O5. The van der Waals surface area contributed by atoms with Crippen molar-refractivity contribution in [1.82, 2.24) is 0 Å². The highest BCUT2D eigenvalue weighted by Gasteiger charge is 2.31. The van der Waals surface area contributed by atoms with Gasteiger partial charge in [0, 0.05) is 11.5 Å². The van der Waals surface area contributed by atoms with Gasteiger partial charge in [0.25, 0.3) is 0 Å². The van der Waals surface area contributed by atoms with E-state index in [1.807, 2.05) is 20.8 Å². The minimum Gasteiger partial charge on any atom is -0.466 e. The van der Waals surface area contributed by atoms with Crippen molar-refractivity contribution in [2.75, 3.05) is 19.8 Å². The SMILES string of the molecule is CCOOCC1=C(C)OC(C)=C(C(=O)OCC)C1C. The largest absolute Gasteiger partial charge is 0.466 e. The molecule has 0 aromatic rings. The molecule has 1 heterocycles. The van der Waals surface area contributed by atoms with Crippen molar-refractivity contribution in [2.24, 2.45) is 5.92 Å². The molecule has 0 amide bonds. The summed E-state index contributed by atoms with van der Waals surface area (Å²) in [7, 11) is 0. The minimum atomic E-state index is -0.339. The maximum absolute atomic E-state index is 11.9. The highest BCUT2D eigenvalue weighted by Crippen LogP contribution is 2.33. The second kappa shape index (κ2) is 7.31. The van der Waals surface area contributed by atoms with E-state index in [2.05, 4.69) is 0 Å². The van der Waals surface area contributed by atoms with Gasteiger partial charge in [-0.1, -0.05) is 6.92 Å². The monoisotopic (exact) mass is 270 g/mol. The molecule has 0 spiro atoms. The number of ether oxygens (including phenoxy) is 2. The van der Waals surface area contributed by atoms with Crippen molar-refractivity contribution in [3.8, 4) is 0 Å². The van der Waals surface area contributed by atoms with Crippen LogP contribution in [-0.4, -0.2) is 25.8 Å². The summed E-state index contributed by atoms with van der Waals surface area (Å²) < 4.78 is 10.7. The summed E-state index contributed by atoms with van der Waals surface area (Å²) in [6, 6.07) is 0. The summed E-state index contributed by atoms with van der Waals surface area (Å²) in [6.45, 7) is 10.3. The number of carbonyl (C=O) groups is 1. The molecule has 108 valence electrons. The third-order valence-corrected chi connectivity index (χ3v) is 3.00. The van der Waals surface area contributed by atoms with Gasteiger partial charge in [-0.2, -0.15) is 0 Å². The van der Waals surface area contributed by atoms with Gasteiger partial charge < -0.3 is 9.47 Å². The summed E-state index contributed by atoms with van der Waals surface area (Å²) in [5.41, 5.74) is 1.43. The summed E-state index contributed by atoms with van der Waals surface area (Å²) in [6.07, 6.45) is 0. The Morgan fingerprint density at radius 2 is 1.84 bits per heavy atom. The van der Waals surface area contributed by atoms with Gasteiger partial charge in [-0.25, -0.2) is 14.6 Å². The molecule has 0 bridgehead atoms. The lowest BCUT2D eigenvalue weighted by atomic mass is 9.89. The molecule has 0 aromatic heterocycles. The topological polar surface area (TPSA) is 54.0 Å². The second-order valence-electron chi connectivity index (χ2n) is 4.26. The van der Waals surface area contributed by atoms with Crippen molar-refractivity contribution in [2.45, 2.75) is 34.6 Å². The highest BCUT2D eigenvalue weighted by molar-refractivity contribution is 5.90. The lowest BCUT2D eigenvalue weighted by Crippen LogP contribution is -2.24. The van der Waals surface area contributed by atoms with Crippen molar-refractivity contribution in [1.29, 1.82) is 0 Å². The predicted molar refractivity (Wildman–Crippen MR) is 69.9 cm³/mol. The minimum absolute atomic E-state index is 0.103. The fourth-order valence-electron chi connectivity index (χ4n) is 2.08. The molecule has 1 atom stereocenters. The zero-order valence-electron chi connectivity index (χ0n) is 12.2. The van der Waals surface area contributed by atoms with E-state index in [0.717, 1.165) is 11.3 Å². The molecule has 0 aromatic carbocycles. The molecule has 0 N–H and O–H groups in total. The van der Waals surface area contributed by atoms with Crippen LogP contribution in [-0.2, 0) is 24.0 Å². The molecule has 1 aliphatic heterocycles. The van der Waals surface area contributed by atoms with Crippen LogP contribution in [0.1, 0.15) is 34.6 Å². The lowest BCUT2D eigenvalue weighted by molar-refractivity contribution is -0.285. The Bertz CT molecular complexity index is 395. The number of hydrogen-bond acceptors (Lipinski definition) is 5. The maximum atomic E-state index is 11.9. The summed E-state index contributed by atoms with van der Waals surface area (Å²) in [5, 5.41) is 0. The Morgan fingerprint density at radius 3 is 2.42 bits per heavy atom. The number of carbonyl (C=O) groups excluding carboxylic acids is 1. The van der Waals surface area contributed by atoms with Gasteiger partial charge in [0.05, 0.1) is 18.8 Å². The van der Waals surface area contributed by atoms with E-state index in [4.69, 9.17) is 19.2 Å². The molecule has 0 saturated heterocycles. The molecule has 0 aliphatic carbocycles. The van der Waals surface area contributed by atoms with E-state index in [9.17, 15) is 4.79 Å². The van der Waals surface area contributed by atoms with Crippen LogP contribution >= 0.6 is 0 Å². The second-order valence-corrected chi connectivity index (χ2v) is 4.26. The molecule has 0 radical (unpaired) electrons. The Balaban J connectivity index is 2.85. The van der Waals surface area contributed by atoms with Crippen LogP contribution in [0.2, 0.25) is 0 Å². The van der Waals surface area contributed by atoms with Gasteiger partial charge in [0.1, 0.15) is 18.1 Å². The summed E-state index contributed by atoms with van der Waals surface area (Å²) in [4.78, 5) is 21.9. The fraction of sp³-hybridized carbons (Fsp3) is 0.643. The van der Waals surface area contributed by atoms with Gasteiger partial charge >= 0.3 is 5.97 Å². The molecular weight excluding hydrogens is 248 g/mol. The molecule has 0 fully saturated rings. The standard InChI is InChI=1S/C14H22O5/c1-6-16-14(15)13-9(3)12(8-18-17-7-2)10(4)19-11(13)5/h9H,6-8H2,1-5H3. The third kappa shape index (κ3) is 3.81. The van der Waals surface area contributed by atoms with E-state index >= 15 is 0 Å². The van der Waals surface area contributed by atoms with E-state index in [-0.39, 0.29) is 18.5 Å². The van der Waals surface area contributed by atoms with Crippen LogP contribution in [0.5, 0.6) is 0 Å². The quantitative estimate of drug-likeness (QED) is 0.321. The number of hydrogen-bond donors (Lipinski definition) is 0. The normalized spacial score (nSPS) is 19.5. The van der Waals surface area contributed by atoms with Crippen LogP contribution < -0.4 is 0 Å². The Morgan fingerprint density at radius 1 is 1.16 bits per heavy atom. The van der Waals surface area contributed by atoms with E-state index in [1.165, 1.54) is 0 Å². The lowest BCUT2D eigenvalue weighted by Gasteiger charge is -2.27.